The molecule has 0 radical (unpaired) electrons. The first-order valence-electron chi connectivity index (χ1n) is 6.87. The van der Waals surface area contributed by atoms with E-state index in [0.717, 1.165) is 18.4 Å². The van der Waals surface area contributed by atoms with E-state index in [1.165, 1.54) is 12.1 Å². The number of aliphatic hydroxyl groups excluding tert-OH is 1. The average molecular weight is 305 g/mol. The summed E-state index contributed by atoms with van der Waals surface area (Å²) in [5.41, 5.74) is 2.28. The van der Waals surface area contributed by atoms with Crippen LogP contribution in [-0.4, -0.2) is 13.5 Å². The molecule has 0 saturated heterocycles. The van der Waals surface area contributed by atoms with Crippen LogP contribution in [0.15, 0.2) is 53.4 Å². The first kappa shape index (κ1) is 15.5. The molecule has 21 heavy (non-hydrogen) atoms. The zero-order valence-electron chi connectivity index (χ0n) is 11.9. The average Bonchev–Trinajstić information content (AvgIpc) is 2.49. The van der Waals surface area contributed by atoms with E-state index in [9.17, 15) is 8.42 Å². The summed E-state index contributed by atoms with van der Waals surface area (Å²) in [5.74, 6) is 0. The van der Waals surface area contributed by atoms with Crippen molar-refractivity contribution in [3.63, 3.8) is 0 Å². The van der Waals surface area contributed by atoms with Crippen LogP contribution in [0.25, 0.3) is 0 Å². The molecule has 0 bridgehead atoms. The van der Waals surface area contributed by atoms with Crippen molar-refractivity contribution in [2.45, 2.75) is 31.3 Å². The van der Waals surface area contributed by atoms with Gasteiger partial charge in [0, 0.05) is 0 Å². The molecule has 0 aromatic heterocycles. The molecule has 0 aliphatic carbocycles. The van der Waals surface area contributed by atoms with Crippen LogP contribution < -0.4 is 4.72 Å². The molecule has 0 fully saturated rings. The number of benzene rings is 2. The topological polar surface area (TPSA) is 66.4 Å². The van der Waals surface area contributed by atoms with Crippen molar-refractivity contribution in [3.05, 3.63) is 59.7 Å². The van der Waals surface area contributed by atoms with E-state index in [2.05, 4.69) is 11.6 Å². The predicted molar refractivity (Wildman–Crippen MR) is 83.6 cm³/mol. The molecule has 0 heterocycles. The van der Waals surface area contributed by atoms with Crippen LogP contribution in [0.4, 0.5) is 5.69 Å². The lowest BCUT2D eigenvalue weighted by Crippen LogP contribution is -2.14. The fraction of sp³-hybridized carbons (Fsp3) is 0.250. The highest BCUT2D eigenvalue weighted by molar-refractivity contribution is 7.92. The third-order valence-electron chi connectivity index (χ3n) is 3.20. The van der Waals surface area contributed by atoms with Gasteiger partial charge in [-0.2, -0.15) is 0 Å². The van der Waals surface area contributed by atoms with Crippen LogP contribution in [0.5, 0.6) is 0 Å². The maximum Gasteiger partial charge on any atom is 0.261 e. The van der Waals surface area contributed by atoms with Crippen LogP contribution in [0.2, 0.25) is 0 Å². The monoisotopic (exact) mass is 305 g/mol. The van der Waals surface area contributed by atoms with Gasteiger partial charge in [-0.15, -0.1) is 0 Å². The third-order valence-corrected chi connectivity index (χ3v) is 4.58. The molecule has 4 nitrogen and oxygen atoms in total. The van der Waals surface area contributed by atoms with Gasteiger partial charge in [0.15, 0.2) is 0 Å². The van der Waals surface area contributed by atoms with Gasteiger partial charge in [-0.1, -0.05) is 43.7 Å². The number of aryl methyl sites for hydroxylation is 1. The standard InChI is InChI=1S/C16H19NO3S/c1-2-5-14-6-3-4-7-16(14)17-21(19,20)15-10-8-13(12-18)9-11-15/h3-4,6-11,17-18H,2,5,12H2,1H3. The van der Waals surface area contributed by atoms with Crippen LogP contribution in [0.3, 0.4) is 0 Å². The van der Waals surface area contributed by atoms with Gasteiger partial charge in [0.25, 0.3) is 10.0 Å². The van der Waals surface area contributed by atoms with E-state index in [1.54, 1.807) is 18.2 Å². The quantitative estimate of drug-likeness (QED) is 0.862. The van der Waals surface area contributed by atoms with Gasteiger partial charge in [-0.3, -0.25) is 4.72 Å². The maximum atomic E-state index is 12.4. The highest BCUT2D eigenvalue weighted by Gasteiger charge is 2.15. The molecule has 2 N–H and O–H groups in total. The molecule has 2 aromatic rings. The first-order chi connectivity index (χ1) is 10.1. The fourth-order valence-electron chi connectivity index (χ4n) is 2.08. The van der Waals surface area contributed by atoms with E-state index >= 15 is 0 Å². The van der Waals surface area contributed by atoms with Crippen LogP contribution in [-0.2, 0) is 23.1 Å². The molecule has 0 saturated carbocycles. The van der Waals surface area contributed by atoms with Gasteiger partial charge in [0.1, 0.15) is 0 Å². The molecule has 0 amide bonds. The second-order valence-electron chi connectivity index (χ2n) is 4.81. The van der Waals surface area contributed by atoms with Gasteiger partial charge in [-0.05, 0) is 35.7 Å². The number of sulfonamides is 1. The molecular formula is C16H19NO3S. The largest absolute Gasteiger partial charge is 0.392 e. The van der Waals surface area contributed by atoms with E-state index < -0.39 is 10.0 Å². The summed E-state index contributed by atoms with van der Waals surface area (Å²) in [6.07, 6.45) is 1.77. The summed E-state index contributed by atoms with van der Waals surface area (Å²) in [4.78, 5) is 0.186. The van der Waals surface area contributed by atoms with Gasteiger partial charge >= 0.3 is 0 Å². The summed E-state index contributed by atoms with van der Waals surface area (Å²) in [7, 11) is -3.61. The first-order valence-corrected chi connectivity index (χ1v) is 8.35. The number of hydrogen-bond donors (Lipinski definition) is 2. The second kappa shape index (κ2) is 6.74. The van der Waals surface area contributed by atoms with Crippen molar-refractivity contribution in [2.75, 3.05) is 4.72 Å². The SMILES string of the molecule is CCCc1ccccc1NS(=O)(=O)c1ccc(CO)cc1. The smallest absolute Gasteiger partial charge is 0.261 e. The Morgan fingerprint density at radius 1 is 1.05 bits per heavy atom. The Labute approximate surface area is 125 Å². The highest BCUT2D eigenvalue weighted by Crippen LogP contribution is 2.21. The molecular weight excluding hydrogens is 286 g/mol. The van der Waals surface area contributed by atoms with E-state index in [-0.39, 0.29) is 11.5 Å². The predicted octanol–water partition coefficient (Wildman–Crippen LogP) is 2.93. The minimum absolute atomic E-state index is 0.104. The van der Waals surface area contributed by atoms with Crippen LogP contribution in [0, 0.1) is 0 Å². The summed E-state index contributed by atoms with van der Waals surface area (Å²) >= 11 is 0. The maximum absolute atomic E-state index is 12.4. The Bertz CT molecular complexity index is 694. The molecule has 2 aromatic carbocycles. The normalized spacial score (nSPS) is 11.3. The van der Waals surface area contributed by atoms with E-state index in [0.29, 0.717) is 11.3 Å². The molecule has 0 spiro atoms. The van der Waals surface area contributed by atoms with Gasteiger partial charge in [0.2, 0.25) is 0 Å². The highest BCUT2D eigenvalue weighted by atomic mass is 32.2. The van der Waals surface area contributed by atoms with Crippen LogP contribution >= 0.6 is 0 Å². The van der Waals surface area contributed by atoms with E-state index in [4.69, 9.17) is 5.11 Å². The van der Waals surface area contributed by atoms with Crippen LogP contribution in [0.1, 0.15) is 24.5 Å². The lowest BCUT2D eigenvalue weighted by atomic mass is 10.1. The van der Waals surface area contributed by atoms with Crippen molar-refractivity contribution < 1.29 is 13.5 Å². The Morgan fingerprint density at radius 2 is 1.71 bits per heavy atom. The number of anilines is 1. The Hall–Kier alpha value is -1.85. The lowest BCUT2D eigenvalue weighted by Gasteiger charge is -2.12. The molecule has 0 aliphatic heterocycles. The van der Waals surface area contributed by atoms with E-state index in [1.807, 2.05) is 18.2 Å². The number of aliphatic hydroxyl groups is 1. The lowest BCUT2D eigenvalue weighted by molar-refractivity contribution is 0.282. The number of nitrogens with one attached hydrogen (secondary N) is 1. The minimum atomic E-state index is -3.61. The number of rotatable bonds is 6. The van der Waals surface area contributed by atoms with Crippen molar-refractivity contribution in [3.8, 4) is 0 Å². The molecule has 112 valence electrons. The Kier molecular flexibility index (Phi) is 4.98. The minimum Gasteiger partial charge on any atom is -0.392 e. The van der Waals surface area contributed by atoms with Crippen molar-refractivity contribution in [1.29, 1.82) is 0 Å². The number of para-hydroxylation sites is 1. The zero-order chi connectivity index (χ0) is 15.3. The van der Waals surface area contributed by atoms with Gasteiger partial charge in [0.05, 0.1) is 17.2 Å². The third kappa shape index (κ3) is 3.83. The summed E-state index contributed by atoms with van der Waals surface area (Å²) in [5, 5.41) is 9.00. The molecule has 2 rings (SSSR count). The molecule has 0 unspecified atom stereocenters. The Balaban J connectivity index is 2.28. The Morgan fingerprint density at radius 3 is 2.33 bits per heavy atom. The van der Waals surface area contributed by atoms with Crippen molar-refractivity contribution in [2.24, 2.45) is 0 Å². The molecule has 0 aliphatic rings. The second-order valence-corrected chi connectivity index (χ2v) is 6.50. The molecule has 5 heteroatoms. The number of hydrogen-bond acceptors (Lipinski definition) is 3. The molecule has 0 atom stereocenters. The fourth-order valence-corrected chi connectivity index (χ4v) is 3.19. The summed E-state index contributed by atoms with van der Waals surface area (Å²) in [6.45, 7) is 1.95. The zero-order valence-corrected chi connectivity index (χ0v) is 12.7. The van der Waals surface area contributed by atoms with Crippen molar-refractivity contribution in [1.82, 2.24) is 0 Å². The van der Waals surface area contributed by atoms with Gasteiger partial charge in [-0.25, -0.2) is 8.42 Å². The van der Waals surface area contributed by atoms with Crippen molar-refractivity contribution >= 4 is 15.7 Å². The van der Waals surface area contributed by atoms with Gasteiger partial charge < -0.3 is 5.11 Å². The summed E-state index contributed by atoms with van der Waals surface area (Å²) < 4.78 is 27.4. The summed E-state index contributed by atoms with van der Waals surface area (Å²) in [6, 6.07) is 13.6.